The van der Waals surface area contributed by atoms with Crippen LogP contribution in [0.4, 0.5) is 11.5 Å². The fourth-order valence-corrected chi connectivity index (χ4v) is 3.30. The van der Waals surface area contributed by atoms with Crippen molar-refractivity contribution in [1.29, 1.82) is 0 Å². The van der Waals surface area contributed by atoms with E-state index in [1.807, 2.05) is 18.2 Å². The topological polar surface area (TPSA) is 37.3 Å². The Bertz CT molecular complexity index is 591. The van der Waals surface area contributed by atoms with Crippen molar-refractivity contribution in [2.45, 2.75) is 13.0 Å². The second-order valence-electron chi connectivity index (χ2n) is 3.84. The molecule has 1 atom stereocenters. The first-order valence-electron chi connectivity index (χ1n) is 5.30. The van der Waals surface area contributed by atoms with Gasteiger partial charge in [-0.25, -0.2) is 9.98 Å². The molecule has 0 aliphatic carbocycles. The predicted octanol–water partition coefficient (Wildman–Crippen LogP) is 3.84. The molecule has 86 valence electrons. The van der Waals surface area contributed by atoms with E-state index in [9.17, 15) is 0 Å². The maximum atomic E-state index is 4.64. The lowest BCUT2D eigenvalue weighted by molar-refractivity contribution is 1.02. The van der Waals surface area contributed by atoms with E-state index >= 15 is 0 Å². The Hall–Kier alpha value is -1.20. The molecule has 0 saturated heterocycles. The summed E-state index contributed by atoms with van der Waals surface area (Å²) in [7, 11) is 0. The summed E-state index contributed by atoms with van der Waals surface area (Å²) in [4.78, 5) is 10.1. The number of nitrogens with one attached hydrogen (secondary N) is 1. The average Bonchev–Trinajstić information content (AvgIpc) is 2.75. The molecule has 0 radical (unpaired) electrons. The van der Waals surface area contributed by atoms with E-state index in [0.717, 1.165) is 21.0 Å². The molecule has 2 aromatic rings. The van der Waals surface area contributed by atoms with Crippen molar-refractivity contribution in [1.82, 2.24) is 4.98 Å². The van der Waals surface area contributed by atoms with Crippen molar-refractivity contribution in [2.75, 3.05) is 5.32 Å². The zero-order valence-corrected chi connectivity index (χ0v) is 11.5. The standard InChI is InChI=1S/C12H10BrN3S/c1-7-11(9-4-5-10(13)17-9)16-12-8(15-7)3-2-6-14-12/h2-7,15H,1H3. The smallest absolute Gasteiger partial charge is 0.175 e. The van der Waals surface area contributed by atoms with Gasteiger partial charge in [-0.1, -0.05) is 0 Å². The van der Waals surface area contributed by atoms with Crippen molar-refractivity contribution in [3.63, 3.8) is 0 Å². The second-order valence-corrected chi connectivity index (χ2v) is 6.30. The third kappa shape index (κ3) is 2.00. The van der Waals surface area contributed by atoms with Gasteiger partial charge in [0.25, 0.3) is 0 Å². The zero-order valence-electron chi connectivity index (χ0n) is 9.14. The number of anilines is 1. The first kappa shape index (κ1) is 10.9. The number of rotatable bonds is 1. The average molecular weight is 308 g/mol. The maximum absolute atomic E-state index is 4.64. The molecule has 2 aromatic heterocycles. The molecule has 1 aliphatic rings. The Kier molecular flexibility index (Phi) is 2.72. The molecule has 17 heavy (non-hydrogen) atoms. The molecule has 0 amide bonds. The highest BCUT2D eigenvalue weighted by Gasteiger charge is 2.21. The van der Waals surface area contributed by atoms with E-state index in [1.54, 1.807) is 17.5 Å². The van der Waals surface area contributed by atoms with Gasteiger partial charge < -0.3 is 5.32 Å². The fourth-order valence-electron chi connectivity index (χ4n) is 1.83. The maximum Gasteiger partial charge on any atom is 0.175 e. The van der Waals surface area contributed by atoms with Crippen LogP contribution in [0.1, 0.15) is 11.8 Å². The van der Waals surface area contributed by atoms with Gasteiger partial charge in [-0.2, -0.15) is 0 Å². The lowest BCUT2D eigenvalue weighted by atomic mass is 10.1. The number of aliphatic imine (C=N–C) groups is 1. The van der Waals surface area contributed by atoms with Gasteiger partial charge in [-0.05, 0) is 47.1 Å². The molecular weight excluding hydrogens is 298 g/mol. The minimum Gasteiger partial charge on any atom is -0.374 e. The minimum absolute atomic E-state index is 0.206. The third-order valence-corrected chi connectivity index (χ3v) is 4.27. The van der Waals surface area contributed by atoms with E-state index < -0.39 is 0 Å². The molecule has 3 rings (SSSR count). The number of pyridine rings is 1. The van der Waals surface area contributed by atoms with Crippen molar-refractivity contribution in [2.24, 2.45) is 4.99 Å². The molecule has 5 heteroatoms. The molecule has 1 unspecified atom stereocenters. The molecule has 0 spiro atoms. The second kappa shape index (κ2) is 4.23. The van der Waals surface area contributed by atoms with Crippen molar-refractivity contribution >= 4 is 44.5 Å². The summed E-state index contributed by atoms with van der Waals surface area (Å²) in [5.74, 6) is 0.769. The Labute approximate surface area is 112 Å². The van der Waals surface area contributed by atoms with Crippen molar-refractivity contribution in [3.8, 4) is 0 Å². The Morgan fingerprint density at radius 3 is 3.00 bits per heavy atom. The van der Waals surface area contributed by atoms with Gasteiger partial charge in [-0.15, -0.1) is 11.3 Å². The number of thiophene rings is 1. The summed E-state index contributed by atoms with van der Waals surface area (Å²) < 4.78 is 1.12. The van der Waals surface area contributed by atoms with Gasteiger partial charge in [0.05, 0.1) is 26.1 Å². The third-order valence-electron chi connectivity index (χ3n) is 2.62. The number of fused-ring (bicyclic) bond motifs is 1. The van der Waals surface area contributed by atoms with Gasteiger partial charge in [0, 0.05) is 6.20 Å². The summed E-state index contributed by atoms with van der Waals surface area (Å²) in [5, 5.41) is 3.42. The van der Waals surface area contributed by atoms with E-state index in [2.05, 4.69) is 44.2 Å². The quantitative estimate of drug-likeness (QED) is 0.869. The van der Waals surface area contributed by atoms with Crippen LogP contribution in [0.5, 0.6) is 0 Å². The normalized spacial score (nSPS) is 18.2. The summed E-state index contributed by atoms with van der Waals surface area (Å²) in [6.07, 6.45) is 1.77. The molecule has 1 N–H and O–H groups in total. The van der Waals surface area contributed by atoms with Crippen LogP contribution in [-0.4, -0.2) is 16.7 Å². The van der Waals surface area contributed by atoms with Gasteiger partial charge >= 0.3 is 0 Å². The number of hydrogen-bond donors (Lipinski definition) is 1. The predicted molar refractivity (Wildman–Crippen MR) is 75.5 cm³/mol. The monoisotopic (exact) mass is 307 g/mol. The minimum atomic E-state index is 0.206. The van der Waals surface area contributed by atoms with Crippen molar-refractivity contribution < 1.29 is 0 Å². The first-order chi connectivity index (χ1) is 8.24. The summed E-state index contributed by atoms with van der Waals surface area (Å²) in [6, 6.07) is 8.25. The van der Waals surface area contributed by atoms with Crippen molar-refractivity contribution in [3.05, 3.63) is 39.1 Å². The molecule has 0 saturated carbocycles. The molecule has 0 fully saturated rings. The van der Waals surface area contributed by atoms with Crippen LogP contribution in [0.2, 0.25) is 0 Å². The highest BCUT2D eigenvalue weighted by molar-refractivity contribution is 9.11. The van der Waals surface area contributed by atoms with Gasteiger partial charge in [-0.3, -0.25) is 0 Å². The first-order valence-corrected chi connectivity index (χ1v) is 6.91. The zero-order chi connectivity index (χ0) is 11.8. The van der Waals surface area contributed by atoms with Gasteiger partial charge in [0.2, 0.25) is 0 Å². The van der Waals surface area contributed by atoms with Crippen LogP contribution in [0, 0.1) is 0 Å². The van der Waals surface area contributed by atoms with Crippen LogP contribution >= 0.6 is 27.3 Å². The Morgan fingerprint density at radius 1 is 1.35 bits per heavy atom. The number of aromatic nitrogens is 1. The summed E-state index contributed by atoms with van der Waals surface area (Å²) in [5.41, 5.74) is 2.05. The largest absolute Gasteiger partial charge is 0.374 e. The van der Waals surface area contributed by atoms with Gasteiger partial charge in [0.15, 0.2) is 5.82 Å². The van der Waals surface area contributed by atoms with Crippen LogP contribution < -0.4 is 5.32 Å². The number of halogens is 1. The molecule has 3 heterocycles. The van der Waals surface area contributed by atoms with Crippen LogP contribution in [0.25, 0.3) is 0 Å². The van der Waals surface area contributed by atoms with Gasteiger partial charge in [0.1, 0.15) is 0 Å². The highest BCUT2D eigenvalue weighted by atomic mass is 79.9. The lowest BCUT2D eigenvalue weighted by Gasteiger charge is -2.22. The Morgan fingerprint density at radius 2 is 2.24 bits per heavy atom. The van der Waals surface area contributed by atoms with E-state index in [4.69, 9.17) is 0 Å². The molecule has 3 nitrogen and oxygen atoms in total. The molecule has 1 aliphatic heterocycles. The summed E-state index contributed by atoms with van der Waals surface area (Å²) in [6.45, 7) is 2.11. The SMILES string of the molecule is CC1Nc2cccnc2N=C1c1ccc(Br)s1. The highest BCUT2D eigenvalue weighted by Crippen LogP contribution is 2.31. The lowest BCUT2D eigenvalue weighted by Crippen LogP contribution is -2.29. The molecular formula is C12H10BrN3S. The number of hydrogen-bond acceptors (Lipinski definition) is 4. The molecule has 0 bridgehead atoms. The number of nitrogens with zero attached hydrogens (tertiary/aromatic N) is 2. The fraction of sp³-hybridized carbons (Fsp3) is 0.167. The van der Waals surface area contributed by atoms with Crippen LogP contribution in [0.15, 0.2) is 39.2 Å². The van der Waals surface area contributed by atoms with Crippen LogP contribution in [-0.2, 0) is 0 Å². The van der Waals surface area contributed by atoms with E-state index in [-0.39, 0.29) is 6.04 Å². The Balaban J connectivity index is 2.09. The van der Waals surface area contributed by atoms with E-state index in [0.29, 0.717) is 0 Å². The van der Waals surface area contributed by atoms with Crippen LogP contribution in [0.3, 0.4) is 0 Å². The molecule has 0 aromatic carbocycles. The summed E-state index contributed by atoms with van der Waals surface area (Å²) >= 11 is 5.17. The van der Waals surface area contributed by atoms with E-state index in [1.165, 1.54) is 4.88 Å².